The lowest BCUT2D eigenvalue weighted by molar-refractivity contribution is 0.0662. The van der Waals surface area contributed by atoms with Gasteiger partial charge in [-0.15, -0.1) is 12.4 Å². The monoisotopic (exact) mass is 350 g/mol. The van der Waals surface area contributed by atoms with Crippen molar-refractivity contribution in [2.24, 2.45) is 0 Å². The molecule has 0 spiro atoms. The zero-order chi connectivity index (χ0) is 16.1. The number of likely N-dealkylation sites (N-methyl/N-ethyl adjacent to an activating group) is 1. The van der Waals surface area contributed by atoms with E-state index in [-0.39, 0.29) is 18.3 Å². The van der Waals surface area contributed by atoms with E-state index in [1.165, 1.54) is 0 Å². The second kappa shape index (κ2) is 8.76. The van der Waals surface area contributed by atoms with Gasteiger partial charge >= 0.3 is 0 Å². The van der Waals surface area contributed by atoms with E-state index in [9.17, 15) is 4.79 Å². The van der Waals surface area contributed by atoms with Crippen LogP contribution in [0.1, 0.15) is 29.0 Å². The molecule has 1 unspecified atom stereocenters. The quantitative estimate of drug-likeness (QED) is 0.900. The number of halogens is 1. The standard InChI is InChI=1S/C18H22N2O3.ClH/c1-19-15-6-5-10-20(12-15)18(21)17-14(9-11-22-17)13-23-16-7-3-2-4-8-16;/h2-4,7-9,11,15,19H,5-6,10,12-13H2,1H3;1H. The predicted molar refractivity (Wildman–Crippen MR) is 94.7 cm³/mol. The number of para-hydroxylation sites is 1. The first-order chi connectivity index (χ1) is 11.3. The summed E-state index contributed by atoms with van der Waals surface area (Å²) in [6.07, 6.45) is 3.66. The topological polar surface area (TPSA) is 54.7 Å². The molecule has 2 aromatic rings. The second-order valence-corrected chi connectivity index (χ2v) is 5.76. The number of rotatable bonds is 5. The Morgan fingerprint density at radius 3 is 2.88 bits per heavy atom. The van der Waals surface area contributed by atoms with Crippen LogP contribution in [0.4, 0.5) is 0 Å². The number of amides is 1. The van der Waals surface area contributed by atoms with Gasteiger partial charge in [0.05, 0.1) is 6.26 Å². The lowest BCUT2D eigenvalue weighted by atomic mass is 10.1. The van der Waals surface area contributed by atoms with Gasteiger partial charge in [0.25, 0.3) is 5.91 Å². The van der Waals surface area contributed by atoms with Crippen LogP contribution in [0.15, 0.2) is 47.1 Å². The number of carbonyl (C=O) groups excluding carboxylic acids is 1. The molecule has 1 aliphatic rings. The molecule has 6 heteroatoms. The SMILES string of the molecule is CNC1CCCN(C(=O)c2occc2COc2ccccc2)C1.Cl. The molecular formula is C18H23ClN2O3. The Hall–Kier alpha value is -1.98. The van der Waals surface area contributed by atoms with Crippen molar-refractivity contribution in [2.75, 3.05) is 20.1 Å². The van der Waals surface area contributed by atoms with Gasteiger partial charge < -0.3 is 19.4 Å². The summed E-state index contributed by atoms with van der Waals surface area (Å²) in [6, 6.07) is 11.7. The molecule has 1 amide bonds. The number of ether oxygens (including phenoxy) is 1. The first-order valence-corrected chi connectivity index (χ1v) is 7.98. The molecule has 2 heterocycles. The predicted octanol–water partition coefficient (Wildman–Crippen LogP) is 3.10. The molecule has 5 nitrogen and oxygen atoms in total. The fraction of sp³-hybridized carbons (Fsp3) is 0.389. The van der Waals surface area contributed by atoms with Crippen LogP contribution >= 0.6 is 12.4 Å². The summed E-state index contributed by atoms with van der Waals surface area (Å²) >= 11 is 0. The van der Waals surface area contributed by atoms with Gasteiger partial charge in [0.1, 0.15) is 12.4 Å². The normalized spacial score (nSPS) is 17.2. The van der Waals surface area contributed by atoms with Gasteiger partial charge in [-0.3, -0.25) is 4.79 Å². The van der Waals surface area contributed by atoms with Crippen molar-refractivity contribution < 1.29 is 13.9 Å². The van der Waals surface area contributed by atoms with Gasteiger partial charge in [-0.1, -0.05) is 18.2 Å². The van der Waals surface area contributed by atoms with Crippen molar-refractivity contribution in [3.63, 3.8) is 0 Å². The molecule has 24 heavy (non-hydrogen) atoms. The molecule has 1 aromatic heterocycles. The summed E-state index contributed by atoms with van der Waals surface area (Å²) in [5.41, 5.74) is 0.783. The third-order valence-corrected chi connectivity index (χ3v) is 4.20. The van der Waals surface area contributed by atoms with Crippen molar-refractivity contribution in [1.82, 2.24) is 10.2 Å². The highest BCUT2D eigenvalue weighted by Gasteiger charge is 2.27. The van der Waals surface area contributed by atoms with Crippen molar-refractivity contribution in [2.45, 2.75) is 25.5 Å². The van der Waals surface area contributed by atoms with Crippen molar-refractivity contribution in [3.05, 3.63) is 54.0 Å². The molecule has 1 N–H and O–H groups in total. The highest BCUT2D eigenvalue weighted by molar-refractivity contribution is 5.93. The minimum Gasteiger partial charge on any atom is -0.489 e. The van der Waals surface area contributed by atoms with E-state index in [0.29, 0.717) is 18.4 Å². The van der Waals surface area contributed by atoms with E-state index in [2.05, 4.69) is 5.32 Å². The van der Waals surface area contributed by atoms with Gasteiger partial charge in [-0.2, -0.15) is 0 Å². The number of nitrogens with zero attached hydrogens (tertiary/aromatic N) is 1. The number of hydrogen-bond donors (Lipinski definition) is 1. The molecule has 0 aliphatic carbocycles. The molecule has 3 rings (SSSR count). The van der Waals surface area contributed by atoms with E-state index >= 15 is 0 Å². The summed E-state index contributed by atoms with van der Waals surface area (Å²) < 4.78 is 11.2. The molecule has 1 aliphatic heterocycles. The Morgan fingerprint density at radius 2 is 2.12 bits per heavy atom. The molecule has 1 saturated heterocycles. The first kappa shape index (κ1) is 18.4. The van der Waals surface area contributed by atoms with Crippen LogP contribution in [0.5, 0.6) is 5.75 Å². The van der Waals surface area contributed by atoms with Crippen molar-refractivity contribution in [1.29, 1.82) is 0 Å². The van der Waals surface area contributed by atoms with Gasteiger partial charge in [-0.25, -0.2) is 0 Å². The number of furan rings is 1. The lowest BCUT2D eigenvalue weighted by Crippen LogP contribution is -2.47. The Bertz CT molecular complexity index is 645. The summed E-state index contributed by atoms with van der Waals surface area (Å²) in [4.78, 5) is 14.6. The molecule has 0 radical (unpaired) electrons. The lowest BCUT2D eigenvalue weighted by Gasteiger charge is -2.32. The maximum Gasteiger partial charge on any atom is 0.290 e. The summed E-state index contributed by atoms with van der Waals surface area (Å²) in [5, 5.41) is 3.25. The van der Waals surface area contributed by atoms with Gasteiger partial charge in [0.15, 0.2) is 5.76 Å². The Morgan fingerprint density at radius 1 is 1.33 bits per heavy atom. The number of benzene rings is 1. The largest absolute Gasteiger partial charge is 0.489 e. The van der Waals surface area contributed by atoms with Crippen LogP contribution in [0, 0.1) is 0 Å². The van der Waals surface area contributed by atoms with Crippen LogP contribution in [-0.2, 0) is 6.61 Å². The maximum atomic E-state index is 12.7. The number of likely N-dealkylation sites (tertiary alicyclic amines) is 1. The average molecular weight is 351 g/mol. The highest BCUT2D eigenvalue weighted by atomic mass is 35.5. The van der Waals surface area contributed by atoms with Crippen LogP contribution in [-0.4, -0.2) is 37.0 Å². The van der Waals surface area contributed by atoms with E-state index < -0.39 is 0 Å². The van der Waals surface area contributed by atoms with Gasteiger partial charge in [-0.05, 0) is 38.1 Å². The van der Waals surface area contributed by atoms with Crippen LogP contribution in [0.3, 0.4) is 0 Å². The molecule has 1 aromatic carbocycles. The van der Waals surface area contributed by atoms with Crippen molar-refractivity contribution in [3.8, 4) is 5.75 Å². The Labute approximate surface area is 148 Å². The second-order valence-electron chi connectivity index (χ2n) is 5.76. The van der Waals surface area contributed by atoms with Crippen LogP contribution in [0.2, 0.25) is 0 Å². The van der Waals surface area contributed by atoms with E-state index in [1.807, 2.05) is 42.3 Å². The van der Waals surface area contributed by atoms with E-state index in [0.717, 1.165) is 37.2 Å². The molecule has 0 saturated carbocycles. The number of nitrogens with one attached hydrogen (secondary N) is 1. The summed E-state index contributed by atoms with van der Waals surface area (Å²) in [5.74, 6) is 1.11. The Balaban J connectivity index is 0.00000208. The van der Waals surface area contributed by atoms with Crippen molar-refractivity contribution >= 4 is 18.3 Å². The highest BCUT2D eigenvalue weighted by Crippen LogP contribution is 2.19. The van der Waals surface area contributed by atoms with Gasteiger partial charge in [0.2, 0.25) is 0 Å². The molecule has 0 bridgehead atoms. The van der Waals surface area contributed by atoms with E-state index in [4.69, 9.17) is 9.15 Å². The molecule has 1 atom stereocenters. The zero-order valence-electron chi connectivity index (χ0n) is 13.7. The Kier molecular flexibility index (Phi) is 6.70. The minimum absolute atomic E-state index is 0. The van der Waals surface area contributed by atoms with E-state index in [1.54, 1.807) is 12.3 Å². The summed E-state index contributed by atoms with van der Waals surface area (Å²) in [6.45, 7) is 1.82. The number of carbonyl (C=O) groups is 1. The number of piperidine rings is 1. The fourth-order valence-corrected chi connectivity index (χ4v) is 2.86. The first-order valence-electron chi connectivity index (χ1n) is 7.98. The fourth-order valence-electron chi connectivity index (χ4n) is 2.86. The third-order valence-electron chi connectivity index (χ3n) is 4.20. The molecule has 1 fully saturated rings. The minimum atomic E-state index is -0.0541. The number of hydrogen-bond acceptors (Lipinski definition) is 4. The molecular weight excluding hydrogens is 328 g/mol. The smallest absolute Gasteiger partial charge is 0.290 e. The van der Waals surface area contributed by atoms with Gasteiger partial charge in [0, 0.05) is 24.7 Å². The zero-order valence-corrected chi connectivity index (χ0v) is 14.6. The summed E-state index contributed by atoms with van der Waals surface area (Å²) in [7, 11) is 1.94. The third kappa shape index (κ3) is 4.30. The average Bonchev–Trinajstić information content (AvgIpc) is 3.09. The molecule has 130 valence electrons. The van der Waals surface area contributed by atoms with Crippen LogP contribution < -0.4 is 10.1 Å². The van der Waals surface area contributed by atoms with Crippen LogP contribution in [0.25, 0.3) is 0 Å². The maximum absolute atomic E-state index is 12.7.